The van der Waals surface area contributed by atoms with Gasteiger partial charge in [0, 0.05) is 31.7 Å². The highest BCUT2D eigenvalue weighted by Crippen LogP contribution is 2.63. The molecule has 2 aromatic carbocycles. The van der Waals surface area contributed by atoms with Gasteiger partial charge in [0.05, 0.1) is 19.3 Å². The van der Waals surface area contributed by atoms with E-state index < -0.39 is 12.3 Å². The minimum Gasteiger partial charge on any atom is -0.508 e. The van der Waals surface area contributed by atoms with Crippen LogP contribution in [0.15, 0.2) is 42.5 Å². The number of carbonyl (C=O) groups excluding carboxylic acids is 1. The number of methoxy groups -OCH3 is 1. The van der Waals surface area contributed by atoms with Crippen LogP contribution >= 0.6 is 0 Å². The predicted octanol–water partition coefficient (Wildman–Crippen LogP) is 6.92. The molecule has 2 saturated carbocycles. The number of phenolic OH excluding ortho intramolecular Hbond substituents is 1. The molecular formula is C36H50FNO5. The molecule has 0 heterocycles. The maximum Gasteiger partial charge on any atom is 0.253 e. The summed E-state index contributed by atoms with van der Waals surface area (Å²) in [5.74, 6) is 1.76. The van der Waals surface area contributed by atoms with Crippen LogP contribution in [0.25, 0.3) is 0 Å². The van der Waals surface area contributed by atoms with Crippen LogP contribution in [0.1, 0.15) is 92.6 Å². The molecule has 3 aliphatic rings. The lowest BCUT2D eigenvalue weighted by atomic mass is 9.51. The highest BCUT2D eigenvalue weighted by molar-refractivity contribution is 5.94. The van der Waals surface area contributed by atoms with E-state index in [9.17, 15) is 15.0 Å². The van der Waals surface area contributed by atoms with E-state index in [-0.39, 0.29) is 28.9 Å². The fourth-order valence-corrected chi connectivity index (χ4v) is 8.66. The summed E-state index contributed by atoms with van der Waals surface area (Å²) in [4.78, 5) is 15.1. The predicted molar refractivity (Wildman–Crippen MR) is 166 cm³/mol. The van der Waals surface area contributed by atoms with E-state index >= 15 is 4.39 Å². The molecule has 0 aromatic heterocycles. The average molecular weight is 596 g/mol. The topological polar surface area (TPSA) is 79.2 Å². The van der Waals surface area contributed by atoms with Gasteiger partial charge in [0.25, 0.3) is 5.91 Å². The molecule has 2 N–H and O–H groups in total. The van der Waals surface area contributed by atoms with Crippen LogP contribution in [0.4, 0.5) is 4.39 Å². The molecule has 0 bridgehead atoms. The van der Waals surface area contributed by atoms with Gasteiger partial charge in [0.2, 0.25) is 0 Å². The fourth-order valence-electron chi connectivity index (χ4n) is 8.66. The first-order valence-electron chi connectivity index (χ1n) is 16.4. The maximum atomic E-state index is 16.0. The number of aromatic hydroxyl groups is 1. The summed E-state index contributed by atoms with van der Waals surface area (Å²) in [6, 6.07) is 12.8. The Balaban J connectivity index is 1.18. The zero-order valence-electron chi connectivity index (χ0n) is 26.1. The molecular weight excluding hydrogens is 545 g/mol. The van der Waals surface area contributed by atoms with Gasteiger partial charge in [-0.1, -0.05) is 32.3 Å². The third kappa shape index (κ3) is 6.73. The van der Waals surface area contributed by atoms with Crippen molar-refractivity contribution in [2.75, 3.05) is 33.4 Å². The van der Waals surface area contributed by atoms with E-state index in [1.165, 1.54) is 0 Å². The van der Waals surface area contributed by atoms with Gasteiger partial charge in [0.1, 0.15) is 17.7 Å². The lowest BCUT2D eigenvalue weighted by molar-refractivity contribution is -0.0722. The number of unbranched alkanes of at least 4 members (excludes halogenated alkanes) is 3. The molecule has 6 nitrogen and oxygen atoms in total. The molecule has 3 aliphatic carbocycles. The largest absolute Gasteiger partial charge is 0.508 e. The summed E-state index contributed by atoms with van der Waals surface area (Å²) >= 11 is 0. The van der Waals surface area contributed by atoms with Crippen molar-refractivity contribution in [1.29, 1.82) is 0 Å². The number of aliphatic hydroxyl groups is 1. The van der Waals surface area contributed by atoms with Crippen LogP contribution in [0.5, 0.6) is 11.5 Å². The van der Waals surface area contributed by atoms with Crippen LogP contribution in [0, 0.1) is 23.2 Å². The van der Waals surface area contributed by atoms with Crippen molar-refractivity contribution in [3.05, 3.63) is 59.2 Å². The van der Waals surface area contributed by atoms with E-state index in [1.807, 2.05) is 48.2 Å². The molecule has 0 spiro atoms. The molecule has 5 rings (SSSR count). The molecule has 0 aliphatic heterocycles. The summed E-state index contributed by atoms with van der Waals surface area (Å²) in [6.07, 6.45) is 6.67. The van der Waals surface area contributed by atoms with Gasteiger partial charge in [-0.2, -0.15) is 0 Å². The molecule has 7 heteroatoms. The first-order valence-corrected chi connectivity index (χ1v) is 16.4. The number of ether oxygens (including phenoxy) is 2. The Hall–Kier alpha value is -2.64. The van der Waals surface area contributed by atoms with Gasteiger partial charge in [-0.15, -0.1) is 0 Å². The van der Waals surface area contributed by atoms with Crippen molar-refractivity contribution < 1.29 is 28.9 Å². The Kier molecular flexibility index (Phi) is 10.3. The van der Waals surface area contributed by atoms with Gasteiger partial charge in [-0.25, -0.2) is 4.39 Å². The highest BCUT2D eigenvalue weighted by Gasteiger charge is 2.59. The fraction of sp³-hybridized carbons (Fsp3) is 0.639. The van der Waals surface area contributed by atoms with Gasteiger partial charge >= 0.3 is 0 Å². The summed E-state index contributed by atoms with van der Waals surface area (Å²) in [5.41, 5.74) is 2.47. The number of hydrogen-bond donors (Lipinski definition) is 2. The lowest BCUT2D eigenvalue weighted by Crippen LogP contribution is -2.51. The Morgan fingerprint density at radius 3 is 2.58 bits per heavy atom. The van der Waals surface area contributed by atoms with Crippen LogP contribution in [-0.2, 0) is 11.2 Å². The molecule has 0 saturated heterocycles. The Morgan fingerprint density at radius 2 is 1.84 bits per heavy atom. The van der Waals surface area contributed by atoms with Crippen LogP contribution in [0.2, 0.25) is 0 Å². The molecule has 6 unspecified atom stereocenters. The van der Waals surface area contributed by atoms with Gasteiger partial charge in [-0.05, 0) is 116 Å². The minimum absolute atomic E-state index is 0.00939. The molecule has 2 fully saturated rings. The normalized spacial score (nSPS) is 29.4. The van der Waals surface area contributed by atoms with Crippen LogP contribution in [0.3, 0.4) is 0 Å². The average Bonchev–Trinajstić information content (AvgIpc) is 3.29. The number of halogens is 1. The van der Waals surface area contributed by atoms with Crippen molar-refractivity contribution in [3.8, 4) is 11.5 Å². The van der Waals surface area contributed by atoms with Gasteiger partial charge < -0.3 is 24.6 Å². The minimum atomic E-state index is -0.976. The SMILES string of the molecule is CCOc1ccc(C(=O)N(CCCCCCC2Cc3cc(O)ccc3C3C(F)C[C@]4(C)C(O)CCC4C23)CCOC)cc1. The van der Waals surface area contributed by atoms with Gasteiger partial charge in [-0.3, -0.25) is 4.79 Å². The quantitative estimate of drug-likeness (QED) is 0.246. The van der Waals surface area contributed by atoms with Crippen molar-refractivity contribution in [1.82, 2.24) is 4.90 Å². The maximum absolute atomic E-state index is 16.0. The number of rotatable bonds is 13. The Morgan fingerprint density at radius 1 is 1.07 bits per heavy atom. The standard InChI is InChI=1S/C36H50FNO5/c1-4-43-28-13-10-24(11-14-28)35(41)38(19-20-42-3)18-8-6-5-7-9-25-21-26-22-27(39)12-15-29(26)34-31(37)23-36(2)30(33(25)34)16-17-32(36)40/h10-15,22,25,30-34,39-40H,4-9,16-21,23H2,1-3H3/t25?,30?,31?,32?,33?,34?,36-/m0/s1. The molecule has 0 radical (unpaired) electrons. The van der Waals surface area contributed by atoms with Crippen molar-refractivity contribution >= 4 is 5.91 Å². The monoisotopic (exact) mass is 595 g/mol. The van der Waals surface area contributed by atoms with E-state index in [4.69, 9.17) is 9.47 Å². The number of nitrogens with zero attached hydrogens (tertiary/aromatic N) is 1. The zero-order valence-corrected chi connectivity index (χ0v) is 26.1. The second kappa shape index (κ2) is 14.0. The molecule has 7 atom stereocenters. The van der Waals surface area contributed by atoms with E-state index in [0.29, 0.717) is 50.1 Å². The molecule has 236 valence electrons. The Labute approximate surface area is 256 Å². The Bertz CT molecular complexity index is 1220. The third-order valence-corrected chi connectivity index (χ3v) is 10.8. The van der Waals surface area contributed by atoms with Crippen molar-refractivity contribution in [2.45, 2.75) is 89.8 Å². The van der Waals surface area contributed by atoms with Crippen molar-refractivity contribution in [2.24, 2.45) is 23.2 Å². The molecule has 1 amide bonds. The zero-order chi connectivity index (χ0) is 30.6. The first-order chi connectivity index (χ1) is 20.8. The number of hydrogen-bond acceptors (Lipinski definition) is 5. The summed E-state index contributed by atoms with van der Waals surface area (Å²) in [7, 11) is 1.65. The number of fused-ring (bicyclic) bond motifs is 5. The van der Waals surface area contributed by atoms with Crippen LogP contribution < -0.4 is 4.74 Å². The highest BCUT2D eigenvalue weighted by atomic mass is 19.1. The first kappa shape index (κ1) is 31.8. The summed E-state index contributed by atoms with van der Waals surface area (Å²) < 4.78 is 26.8. The second-order valence-electron chi connectivity index (χ2n) is 13.3. The molecule has 43 heavy (non-hydrogen) atoms. The summed E-state index contributed by atoms with van der Waals surface area (Å²) in [5, 5.41) is 21.1. The lowest BCUT2D eigenvalue weighted by Gasteiger charge is -2.54. The number of benzene rings is 2. The smallest absolute Gasteiger partial charge is 0.253 e. The number of amides is 1. The number of phenols is 1. The van der Waals surface area contributed by atoms with E-state index in [0.717, 1.165) is 68.2 Å². The van der Waals surface area contributed by atoms with Gasteiger partial charge in [0.15, 0.2) is 0 Å². The van der Waals surface area contributed by atoms with E-state index in [1.54, 1.807) is 13.2 Å². The number of carbonyl (C=O) groups is 1. The summed E-state index contributed by atoms with van der Waals surface area (Å²) in [6.45, 7) is 6.37. The van der Waals surface area contributed by atoms with Crippen LogP contribution in [-0.4, -0.2) is 66.7 Å². The second-order valence-corrected chi connectivity index (χ2v) is 13.3. The van der Waals surface area contributed by atoms with Crippen molar-refractivity contribution in [3.63, 3.8) is 0 Å². The van der Waals surface area contributed by atoms with E-state index in [2.05, 4.69) is 6.92 Å². The third-order valence-electron chi connectivity index (χ3n) is 10.8. The number of alkyl halides is 1. The number of aliphatic hydroxyl groups excluding tert-OH is 1. The molecule has 2 aromatic rings.